The number of nitrogens with one attached hydrogen (secondary N) is 1. The highest BCUT2D eigenvalue weighted by molar-refractivity contribution is 6.31. The summed E-state index contributed by atoms with van der Waals surface area (Å²) in [7, 11) is 0. The first kappa shape index (κ1) is 12.6. The van der Waals surface area contributed by atoms with Crippen molar-refractivity contribution in [2.45, 2.75) is 6.92 Å². The maximum atomic E-state index is 12.7. The molecule has 0 heterocycles. The van der Waals surface area contributed by atoms with Gasteiger partial charge >= 0.3 is 0 Å². The third kappa shape index (κ3) is 2.87. The van der Waals surface area contributed by atoms with Crippen LogP contribution in [0.15, 0.2) is 42.5 Å². The smallest absolute Gasteiger partial charge is 0.255 e. The molecule has 0 saturated carbocycles. The van der Waals surface area contributed by atoms with Crippen molar-refractivity contribution in [1.82, 2.24) is 0 Å². The van der Waals surface area contributed by atoms with Gasteiger partial charge in [0.15, 0.2) is 0 Å². The third-order valence-corrected chi connectivity index (χ3v) is 2.79. The van der Waals surface area contributed by atoms with Gasteiger partial charge in [-0.25, -0.2) is 4.39 Å². The van der Waals surface area contributed by atoms with Crippen LogP contribution in [0.1, 0.15) is 15.9 Å². The molecular weight excluding hydrogens is 253 g/mol. The summed E-state index contributed by atoms with van der Waals surface area (Å²) < 4.78 is 12.7. The lowest BCUT2D eigenvalue weighted by Crippen LogP contribution is -2.12. The highest BCUT2D eigenvalue weighted by Gasteiger charge is 2.08. The molecule has 0 saturated heterocycles. The van der Waals surface area contributed by atoms with Crippen LogP contribution in [0.4, 0.5) is 10.1 Å². The van der Waals surface area contributed by atoms with Crippen molar-refractivity contribution in [3.63, 3.8) is 0 Å². The molecule has 0 spiro atoms. The second-order valence-electron chi connectivity index (χ2n) is 3.92. The van der Waals surface area contributed by atoms with E-state index in [1.54, 1.807) is 12.1 Å². The molecule has 2 aromatic carbocycles. The summed E-state index contributed by atoms with van der Waals surface area (Å²) >= 11 is 5.87. The SMILES string of the molecule is Cc1ccc(Cl)cc1NC(=O)c1ccc(F)cc1. The molecule has 0 radical (unpaired) electrons. The van der Waals surface area contributed by atoms with Crippen LogP contribution in [0.3, 0.4) is 0 Å². The molecule has 0 unspecified atom stereocenters. The van der Waals surface area contributed by atoms with Crippen molar-refractivity contribution >= 4 is 23.2 Å². The molecule has 0 bridgehead atoms. The fourth-order valence-electron chi connectivity index (χ4n) is 1.52. The summed E-state index contributed by atoms with van der Waals surface area (Å²) in [4.78, 5) is 11.9. The number of anilines is 1. The Balaban J connectivity index is 2.21. The van der Waals surface area contributed by atoms with Gasteiger partial charge in [-0.05, 0) is 48.9 Å². The number of amides is 1. The highest BCUT2D eigenvalue weighted by Crippen LogP contribution is 2.20. The van der Waals surface area contributed by atoms with E-state index in [0.29, 0.717) is 16.3 Å². The molecule has 2 aromatic rings. The van der Waals surface area contributed by atoms with E-state index in [0.717, 1.165) is 5.56 Å². The topological polar surface area (TPSA) is 29.1 Å². The zero-order chi connectivity index (χ0) is 13.1. The molecule has 0 fully saturated rings. The summed E-state index contributed by atoms with van der Waals surface area (Å²) in [6, 6.07) is 10.6. The number of hydrogen-bond acceptors (Lipinski definition) is 1. The number of halogens is 2. The third-order valence-electron chi connectivity index (χ3n) is 2.55. The van der Waals surface area contributed by atoms with E-state index in [1.165, 1.54) is 24.3 Å². The van der Waals surface area contributed by atoms with Crippen LogP contribution >= 0.6 is 11.6 Å². The minimum atomic E-state index is -0.370. The van der Waals surface area contributed by atoms with Crippen LogP contribution in [0.5, 0.6) is 0 Å². The van der Waals surface area contributed by atoms with Gasteiger partial charge < -0.3 is 5.32 Å². The van der Waals surface area contributed by atoms with E-state index in [-0.39, 0.29) is 11.7 Å². The number of carbonyl (C=O) groups is 1. The standard InChI is InChI=1S/C14H11ClFNO/c1-9-2-5-11(15)8-13(9)17-14(18)10-3-6-12(16)7-4-10/h2-8H,1H3,(H,17,18). The van der Waals surface area contributed by atoms with Gasteiger partial charge in [0.2, 0.25) is 0 Å². The van der Waals surface area contributed by atoms with Gasteiger partial charge in [0.05, 0.1) is 0 Å². The van der Waals surface area contributed by atoms with Crippen molar-refractivity contribution in [2.24, 2.45) is 0 Å². The first-order chi connectivity index (χ1) is 8.56. The minimum absolute atomic E-state index is 0.291. The van der Waals surface area contributed by atoms with Gasteiger partial charge in [0, 0.05) is 16.3 Å². The largest absolute Gasteiger partial charge is 0.322 e. The molecule has 2 rings (SSSR count). The molecule has 0 atom stereocenters. The molecule has 1 amide bonds. The van der Waals surface area contributed by atoms with Crippen molar-refractivity contribution in [3.8, 4) is 0 Å². The molecule has 2 nitrogen and oxygen atoms in total. The Morgan fingerprint density at radius 1 is 1.17 bits per heavy atom. The number of benzene rings is 2. The van der Waals surface area contributed by atoms with Gasteiger partial charge in [0.1, 0.15) is 5.82 Å². The summed E-state index contributed by atoms with van der Waals surface area (Å²) in [6.45, 7) is 1.87. The Bertz CT molecular complexity index is 581. The summed E-state index contributed by atoms with van der Waals surface area (Å²) in [5.41, 5.74) is 1.96. The Kier molecular flexibility index (Phi) is 3.63. The van der Waals surface area contributed by atoms with E-state index >= 15 is 0 Å². The molecule has 0 aliphatic heterocycles. The van der Waals surface area contributed by atoms with Crippen LogP contribution < -0.4 is 5.32 Å². The summed E-state index contributed by atoms with van der Waals surface area (Å²) in [5.74, 6) is -0.661. The Morgan fingerprint density at radius 2 is 1.83 bits per heavy atom. The lowest BCUT2D eigenvalue weighted by atomic mass is 10.1. The highest BCUT2D eigenvalue weighted by atomic mass is 35.5. The van der Waals surface area contributed by atoms with Gasteiger partial charge in [-0.2, -0.15) is 0 Å². The van der Waals surface area contributed by atoms with Crippen LogP contribution in [0, 0.1) is 12.7 Å². The fourth-order valence-corrected chi connectivity index (χ4v) is 1.70. The van der Waals surface area contributed by atoms with Crippen LogP contribution in [0.2, 0.25) is 5.02 Å². The number of aryl methyl sites for hydroxylation is 1. The number of carbonyl (C=O) groups excluding carboxylic acids is 1. The van der Waals surface area contributed by atoms with Crippen molar-refractivity contribution in [2.75, 3.05) is 5.32 Å². The Morgan fingerprint density at radius 3 is 2.50 bits per heavy atom. The quantitative estimate of drug-likeness (QED) is 0.870. The summed E-state index contributed by atoms with van der Waals surface area (Å²) in [6.07, 6.45) is 0. The number of rotatable bonds is 2. The predicted octanol–water partition coefficient (Wildman–Crippen LogP) is 4.04. The predicted molar refractivity (Wildman–Crippen MR) is 70.5 cm³/mol. The summed E-state index contributed by atoms with van der Waals surface area (Å²) in [5, 5.41) is 3.29. The van der Waals surface area contributed by atoms with E-state index in [2.05, 4.69) is 5.32 Å². The van der Waals surface area contributed by atoms with E-state index in [4.69, 9.17) is 11.6 Å². The van der Waals surface area contributed by atoms with Gasteiger partial charge in [0.25, 0.3) is 5.91 Å². The molecule has 0 aliphatic rings. The Labute approximate surface area is 109 Å². The average Bonchev–Trinajstić information content (AvgIpc) is 2.34. The first-order valence-corrected chi connectivity index (χ1v) is 5.77. The molecular formula is C14H11ClFNO. The van der Waals surface area contributed by atoms with Gasteiger partial charge in [-0.3, -0.25) is 4.79 Å². The molecule has 92 valence electrons. The molecule has 18 heavy (non-hydrogen) atoms. The normalized spacial score (nSPS) is 10.2. The van der Waals surface area contributed by atoms with Crippen molar-refractivity contribution < 1.29 is 9.18 Å². The lowest BCUT2D eigenvalue weighted by Gasteiger charge is -2.08. The molecule has 0 aliphatic carbocycles. The lowest BCUT2D eigenvalue weighted by molar-refractivity contribution is 0.102. The fraction of sp³-hybridized carbons (Fsp3) is 0.0714. The Hall–Kier alpha value is -1.87. The van der Waals surface area contributed by atoms with Crippen LogP contribution in [0.25, 0.3) is 0 Å². The maximum absolute atomic E-state index is 12.7. The molecule has 1 N–H and O–H groups in total. The van der Waals surface area contributed by atoms with Crippen molar-refractivity contribution in [3.05, 3.63) is 64.4 Å². The zero-order valence-corrected chi connectivity index (χ0v) is 10.5. The van der Waals surface area contributed by atoms with E-state index in [9.17, 15) is 9.18 Å². The monoisotopic (exact) mass is 263 g/mol. The van der Waals surface area contributed by atoms with E-state index in [1.807, 2.05) is 13.0 Å². The van der Waals surface area contributed by atoms with Gasteiger partial charge in [-0.15, -0.1) is 0 Å². The van der Waals surface area contributed by atoms with Crippen LogP contribution in [-0.4, -0.2) is 5.91 Å². The number of hydrogen-bond donors (Lipinski definition) is 1. The first-order valence-electron chi connectivity index (χ1n) is 5.39. The maximum Gasteiger partial charge on any atom is 0.255 e. The molecule has 0 aromatic heterocycles. The van der Waals surface area contributed by atoms with Crippen LogP contribution in [-0.2, 0) is 0 Å². The van der Waals surface area contributed by atoms with Crippen molar-refractivity contribution in [1.29, 1.82) is 0 Å². The van der Waals surface area contributed by atoms with Gasteiger partial charge in [-0.1, -0.05) is 17.7 Å². The van der Waals surface area contributed by atoms with E-state index < -0.39 is 0 Å². The second-order valence-corrected chi connectivity index (χ2v) is 4.36. The second kappa shape index (κ2) is 5.19. The minimum Gasteiger partial charge on any atom is -0.322 e. The zero-order valence-electron chi connectivity index (χ0n) is 9.71. The average molecular weight is 264 g/mol. The molecule has 4 heteroatoms.